The number of sulfonamides is 1. The molecule has 0 aliphatic heterocycles. The van der Waals surface area contributed by atoms with Gasteiger partial charge in [0.1, 0.15) is 30.3 Å². The number of para-hydroxylation sites is 3. The molecule has 4 rings (SSSR count). The van der Waals surface area contributed by atoms with Crippen molar-refractivity contribution in [3.05, 3.63) is 78.4 Å². The van der Waals surface area contributed by atoms with Gasteiger partial charge in [-0.05, 0) is 35.4 Å². The second kappa shape index (κ2) is 9.32. The first-order chi connectivity index (χ1) is 14.3. The van der Waals surface area contributed by atoms with Crippen molar-refractivity contribution in [1.82, 2.24) is 0 Å². The van der Waals surface area contributed by atoms with Crippen molar-refractivity contribution < 1.29 is 27.8 Å². The first-order valence-electron chi connectivity index (χ1n) is 9.09. The number of carbonyl (C=O) groups is 1. The second-order valence-electron chi connectivity index (χ2n) is 6.45. The van der Waals surface area contributed by atoms with Crippen LogP contribution in [0.25, 0.3) is 11.1 Å². The molecule has 0 fully saturated rings. The van der Waals surface area contributed by atoms with Gasteiger partial charge in [0, 0.05) is 0 Å². The number of fused-ring (bicyclic) bond motifs is 1. The van der Waals surface area contributed by atoms with Crippen LogP contribution in [0.3, 0.4) is 0 Å². The van der Waals surface area contributed by atoms with Gasteiger partial charge in [0.25, 0.3) is 0 Å². The minimum atomic E-state index is -3.41. The van der Waals surface area contributed by atoms with Gasteiger partial charge in [-0.3, -0.25) is 4.72 Å². The quantitative estimate of drug-likeness (QED) is 0.414. The molecule has 0 spiro atoms. The Balaban J connectivity index is 0.000000357. The highest BCUT2D eigenvalue weighted by atomic mass is 32.2. The SMILES string of the molecule is CS(=O)(=O)Nc1ccccc1OCCOc1ccccc1C(=O)O.c1cc2ccc1-2. The zero-order valence-corrected chi connectivity index (χ0v) is 17.1. The maximum atomic E-state index is 11.3. The Morgan fingerprint density at radius 2 is 1.33 bits per heavy atom. The van der Waals surface area contributed by atoms with Crippen molar-refractivity contribution in [2.75, 3.05) is 24.2 Å². The van der Waals surface area contributed by atoms with Gasteiger partial charge in [-0.1, -0.05) is 48.5 Å². The normalized spacial score (nSPS) is 11.0. The fraction of sp³-hybridized carbons (Fsp3) is 0.136. The van der Waals surface area contributed by atoms with Crippen LogP contribution in [0.1, 0.15) is 10.4 Å². The van der Waals surface area contributed by atoms with Crippen LogP contribution in [0.4, 0.5) is 5.69 Å². The summed E-state index contributed by atoms with van der Waals surface area (Å²) in [5.41, 5.74) is 3.24. The molecule has 2 aromatic rings. The molecule has 2 aliphatic rings. The molecular formula is C22H21NO6S. The Bertz CT molecular complexity index is 1110. The van der Waals surface area contributed by atoms with Crippen LogP contribution < -0.4 is 14.2 Å². The molecule has 30 heavy (non-hydrogen) atoms. The summed E-state index contributed by atoms with van der Waals surface area (Å²) in [6.07, 6.45) is 1.05. The van der Waals surface area contributed by atoms with E-state index < -0.39 is 16.0 Å². The van der Waals surface area contributed by atoms with E-state index in [0.29, 0.717) is 11.4 Å². The highest BCUT2D eigenvalue weighted by Gasteiger charge is 2.11. The summed E-state index contributed by atoms with van der Waals surface area (Å²) in [7, 11) is -3.41. The predicted octanol–water partition coefficient (Wildman–Crippen LogP) is 3.88. The fourth-order valence-electron chi connectivity index (χ4n) is 2.61. The minimum Gasteiger partial charge on any atom is -0.489 e. The summed E-state index contributed by atoms with van der Waals surface area (Å²) >= 11 is 0. The molecule has 0 heterocycles. The smallest absolute Gasteiger partial charge is 0.339 e. The van der Waals surface area contributed by atoms with Gasteiger partial charge in [0.2, 0.25) is 10.0 Å². The molecular weight excluding hydrogens is 406 g/mol. The summed E-state index contributed by atoms with van der Waals surface area (Å²) in [4.78, 5) is 11.1. The van der Waals surface area contributed by atoms with E-state index in [1.165, 1.54) is 17.2 Å². The average Bonchev–Trinajstić information content (AvgIpc) is 2.68. The average molecular weight is 427 g/mol. The third kappa shape index (κ3) is 5.74. The van der Waals surface area contributed by atoms with Crippen LogP contribution in [-0.4, -0.2) is 39.0 Å². The van der Waals surface area contributed by atoms with Gasteiger partial charge in [0.15, 0.2) is 0 Å². The first kappa shape index (κ1) is 21.2. The number of carboxylic acid groups (broad SMARTS) is 1. The predicted molar refractivity (Wildman–Crippen MR) is 115 cm³/mol. The lowest BCUT2D eigenvalue weighted by Gasteiger charge is -2.13. The van der Waals surface area contributed by atoms with Crippen molar-refractivity contribution >= 4 is 21.7 Å². The van der Waals surface area contributed by atoms with Gasteiger partial charge in [-0.25, -0.2) is 13.2 Å². The maximum absolute atomic E-state index is 11.3. The third-order valence-corrected chi connectivity index (χ3v) is 4.71. The molecule has 0 atom stereocenters. The number of hydrogen-bond donors (Lipinski definition) is 2. The molecule has 0 bridgehead atoms. The Morgan fingerprint density at radius 3 is 1.83 bits per heavy atom. The van der Waals surface area contributed by atoms with E-state index >= 15 is 0 Å². The van der Waals surface area contributed by atoms with Gasteiger partial charge >= 0.3 is 5.97 Å². The number of anilines is 1. The van der Waals surface area contributed by atoms with Gasteiger partial charge in [0.05, 0.1) is 11.9 Å². The summed E-state index contributed by atoms with van der Waals surface area (Å²) < 4.78 is 35.9. The lowest BCUT2D eigenvalue weighted by atomic mass is 9.95. The number of hydrogen-bond acceptors (Lipinski definition) is 5. The topological polar surface area (TPSA) is 102 Å². The highest BCUT2D eigenvalue weighted by molar-refractivity contribution is 7.92. The summed E-state index contributed by atoms with van der Waals surface area (Å²) in [5, 5.41) is 9.07. The second-order valence-corrected chi connectivity index (χ2v) is 8.19. The molecule has 2 N–H and O–H groups in total. The van der Waals surface area contributed by atoms with E-state index in [1.54, 1.807) is 42.5 Å². The Labute approximate surface area is 174 Å². The van der Waals surface area contributed by atoms with Crippen LogP contribution in [-0.2, 0) is 10.0 Å². The van der Waals surface area contributed by atoms with E-state index in [1.807, 2.05) is 0 Å². The molecule has 7 nitrogen and oxygen atoms in total. The van der Waals surface area contributed by atoms with Crippen LogP contribution in [0.2, 0.25) is 0 Å². The highest BCUT2D eigenvalue weighted by Crippen LogP contribution is 2.29. The molecule has 0 saturated heterocycles. The van der Waals surface area contributed by atoms with Crippen LogP contribution in [0.15, 0.2) is 72.8 Å². The lowest BCUT2D eigenvalue weighted by Crippen LogP contribution is -2.14. The molecule has 8 heteroatoms. The van der Waals surface area contributed by atoms with Crippen molar-refractivity contribution in [3.8, 4) is 22.6 Å². The minimum absolute atomic E-state index is 0.0663. The van der Waals surface area contributed by atoms with Gasteiger partial charge in [-0.15, -0.1) is 0 Å². The van der Waals surface area contributed by atoms with Crippen LogP contribution >= 0.6 is 0 Å². The summed E-state index contributed by atoms with van der Waals surface area (Å²) in [6.45, 7) is 0.230. The van der Waals surface area contributed by atoms with Gasteiger partial charge in [-0.2, -0.15) is 0 Å². The summed E-state index contributed by atoms with van der Waals surface area (Å²) in [6, 6.07) is 21.4. The number of aromatic carboxylic acids is 1. The number of benzene rings is 3. The maximum Gasteiger partial charge on any atom is 0.339 e. The van der Waals surface area contributed by atoms with Crippen LogP contribution in [0, 0.1) is 0 Å². The lowest BCUT2D eigenvalue weighted by molar-refractivity contribution is 0.0691. The van der Waals surface area contributed by atoms with E-state index in [-0.39, 0.29) is 24.5 Å². The number of carboxylic acids is 1. The first-order valence-corrected chi connectivity index (χ1v) is 11.0. The Hall–Kier alpha value is -3.52. The zero-order chi connectivity index (χ0) is 21.6. The monoisotopic (exact) mass is 427 g/mol. The Kier molecular flexibility index (Phi) is 6.58. The largest absolute Gasteiger partial charge is 0.489 e. The molecule has 156 valence electrons. The van der Waals surface area contributed by atoms with Crippen molar-refractivity contribution in [3.63, 3.8) is 0 Å². The standard InChI is InChI=1S/C16H17NO6S.C6H4/c1-24(20,21)17-13-7-3-5-9-15(13)23-11-10-22-14-8-4-2-6-12(14)16(18)19;1-2-6-4-3-5(1)6/h2-9,17H,10-11H2,1H3,(H,18,19);1-4H. The van der Waals surface area contributed by atoms with Crippen molar-refractivity contribution in [2.24, 2.45) is 0 Å². The molecule has 0 unspecified atom stereocenters. The molecule has 2 aliphatic carbocycles. The van der Waals surface area contributed by atoms with E-state index in [2.05, 4.69) is 29.0 Å². The molecule has 0 radical (unpaired) electrons. The molecule has 0 saturated carbocycles. The molecule has 0 amide bonds. The van der Waals surface area contributed by atoms with E-state index in [0.717, 1.165) is 6.26 Å². The van der Waals surface area contributed by atoms with Crippen molar-refractivity contribution in [2.45, 2.75) is 0 Å². The van der Waals surface area contributed by atoms with Crippen LogP contribution in [0.5, 0.6) is 11.5 Å². The fourth-order valence-corrected chi connectivity index (χ4v) is 3.18. The number of rotatable bonds is 8. The third-order valence-electron chi connectivity index (χ3n) is 4.12. The number of nitrogens with one attached hydrogen (secondary N) is 1. The van der Waals surface area contributed by atoms with E-state index in [4.69, 9.17) is 14.6 Å². The molecule has 0 aromatic heterocycles. The Morgan fingerprint density at radius 1 is 0.833 bits per heavy atom. The van der Waals surface area contributed by atoms with Crippen molar-refractivity contribution in [1.29, 1.82) is 0 Å². The zero-order valence-electron chi connectivity index (χ0n) is 16.2. The molecule has 2 aromatic carbocycles. The number of ether oxygens (including phenoxy) is 2. The summed E-state index contributed by atoms with van der Waals surface area (Å²) in [5.74, 6) is -0.469. The van der Waals surface area contributed by atoms with E-state index in [9.17, 15) is 13.2 Å². The van der Waals surface area contributed by atoms with Gasteiger partial charge < -0.3 is 14.6 Å².